The SMILES string of the molecule is O=C(O)c1csc2cc(O)c(S)cc12. The molecule has 72 valence electrons. The lowest BCUT2D eigenvalue weighted by Crippen LogP contribution is -1.93. The van der Waals surface area contributed by atoms with Crippen LogP contribution in [-0.4, -0.2) is 16.2 Å². The van der Waals surface area contributed by atoms with Crippen molar-refractivity contribution in [3.8, 4) is 5.75 Å². The zero-order valence-electron chi connectivity index (χ0n) is 6.89. The van der Waals surface area contributed by atoms with Crippen LogP contribution < -0.4 is 0 Å². The largest absolute Gasteiger partial charge is 0.507 e. The summed E-state index contributed by atoms with van der Waals surface area (Å²) in [7, 11) is 0. The monoisotopic (exact) mass is 226 g/mol. The molecule has 0 amide bonds. The van der Waals surface area contributed by atoms with E-state index in [4.69, 9.17) is 5.11 Å². The third-order valence-corrected chi connectivity index (χ3v) is 3.20. The van der Waals surface area contributed by atoms with Gasteiger partial charge in [-0.1, -0.05) is 0 Å². The lowest BCUT2D eigenvalue weighted by atomic mass is 10.2. The molecule has 0 unspecified atom stereocenters. The second-order valence-electron chi connectivity index (χ2n) is 2.79. The van der Waals surface area contributed by atoms with Gasteiger partial charge in [0.05, 0.1) is 5.56 Å². The van der Waals surface area contributed by atoms with E-state index in [-0.39, 0.29) is 11.3 Å². The predicted molar refractivity (Wildman–Crippen MR) is 57.7 cm³/mol. The molecule has 3 nitrogen and oxygen atoms in total. The number of phenolic OH excluding ortho intramolecular Hbond substituents is 1. The summed E-state index contributed by atoms with van der Waals surface area (Å²) in [6.45, 7) is 0. The fourth-order valence-electron chi connectivity index (χ4n) is 1.22. The van der Waals surface area contributed by atoms with Gasteiger partial charge in [0, 0.05) is 20.4 Å². The van der Waals surface area contributed by atoms with E-state index < -0.39 is 5.97 Å². The van der Waals surface area contributed by atoms with Crippen molar-refractivity contribution in [1.82, 2.24) is 0 Å². The van der Waals surface area contributed by atoms with Crippen molar-refractivity contribution in [3.63, 3.8) is 0 Å². The summed E-state index contributed by atoms with van der Waals surface area (Å²) in [4.78, 5) is 11.2. The van der Waals surface area contributed by atoms with Crippen molar-refractivity contribution in [2.24, 2.45) is 0 Å². The number of carboxylic acid groups (broad SMARTS) is 1. The fourth-order valence-corrected chi connectivity index (χ4v) is 2.36. The summed E-state index contributed by atoms with van der Waals surface area (Å²) in [5.41, 5.74) is 0.250. The highest BCUT2D eigenvalue weighted by molar-refractivity contribution is 7.80. The average Bonchev–Trinajstić information content (AvgIpc) is 2.48. The van der Waals surface area contributed by atoms with E-state index in [1.807, 2.05) is 0 Å². The van der Waals surface area contributed by atoms with Crippen LogP contribution in [-0.2, 0) is 0 Å². The molecule has 2 aromatic rings. The Balaban J connectivity index is 2.80. The minimum atomic E-state index is -0.963. The summed E-state index contributed by atoms with van der Waals surface area (Å²) in [5.74, 6) is -0.894. The van der Waals surface area contributed by atoms with Crippen LogP contribution in [0.25, 0.3) is 10.1 Å². The van der Waals surface area contributed by atoms with Crippen molar-refractivity contribution in [2.75, 3.05) is 0 Å². The number of carboxylic acids is 1. The van der Waals surface area contributed by atoms with Crippen LogP contribution >= 0.6 is 24.0 Å². The summed E-state index contributed by atoms with van der Waals surface area (Å²) < 4.78 is 0.748. The zero-order valence-corrected chi connectivity index (χ0v) is 8.60. The maximum atomic E-state index is 10.8. The van der Waals surface area contributed by atoms with E-state index in [0.29, 0.717) is 10.3 Å². The molecule has 0 saturated carbocycles. The first-order valence-electron chi connectivity index (χ1n) is 3.76. The van der Waals surface area contributed by atoms with Crippen LogP contribution in [0.5, 0.6) is 5.75 Å². The van der Waals surface area contributed by atoms with Gasteiger partial charge < -0.3 is 10.2 Å². The molecular formula is C9H6O3S2. The number of hydrogen-bond acceptors (Lipinski definition) is 4. The van der Waals surface area contributed by atoms with Gasteiger partial charge in [-0.3, -0.25) is 0 Å². The molecule has 0 spiro atoms. The van der Waals surface area contributed by atoms with Gasteiger partial charge in [0.25, 0.3) is 0 Å². The Hall–Kier alpha value is -1.20. The highest BCUT2D eigenvalue weighted by Crippen LogP contribution is 2.33. The van der Waals surface area contributed by atoms with E-state index in [0.717, 1.165) is 4.70 Å². The first-order chi connectivity index (χ1) is 6.59. The molecule has 0 radical (unpaired) electrons. The third kappa shape index (κ3) is 1.34. The van der Waals surface area contributed by atoms with E-state index in [9.17, 15) is 9.90 Å². The average molecular weight is 226 g/mol. The molecule has 0 fully saturated rings. The van der Waals surface area contributed by atoms with Crippen molar-refractivity contribution >= 4 is 40.0 Å². The summed E-state index contributed by atoms with van der Waals surface area (Å²) in [5, 5.41) is 20.4. The number of benzene rings is 1. The molecule has 1 aromatic carbocycles. The van der Waals surface area contributed by atoms with Crippen LogP contribution in [0.1, 0.15) is 10.4 Å². The molecule has 0 aliphatic heterocycles. The Bertz CT molecular complexity index is 516. The van der Waals surface area contributed by atoms with Gasteiger partial charge in [0.2, 0.25) is 0 Å². The molecule has 2 N–H and O–H groups in total. The number of aromatic carboxylic acids is 1. The van der Waals surface area contributed by atoms with Crippen LogP contribution in [0.2, 0.25) is 0 Å². The smallest absolute Gasteiger partial charge is 0.337 e. The van der Waals surface area contributed by atoms with Gasteiger partial charge in [0.1, 0.15) is 5.75 Å². The second kappa shape index (κ2) is 3.18. The number of thiophene rings is 1. The minimum Gasteiger partial charge on any atom is -0.507 e. The molecule has 1 heterocycles. The molecular weight excluding hydrogens is 220 g/mol. The van der Waals surface area contributed by atoms with E-state index in [2.05, 4.69) is 12.6 Å². The number of carbonyl (C=O) groups is 1. The predicted octanol–water partition coefficient (Wildman–Crippen LogP) is 2.59. The van der Waals surface area contributed by atoms with Gasteiger partial charge in [-0.15, -0.1) is 24.0 Å². The van der Waals surface area contributed by atoms with Crippen molar-refractivity contribution in [2.45, 2.75) is 4.90 Å². The minimum absolute atomic E-state index is 0.0691. The maximum Gasteiger partial charge on any atom is 0.337 e. The van der Waals surface area contributed by atoms with Crippen LogP contribution in [0.4, 0.5) is 0 Å². The normalized spacial score (nSPS) is 10.6. The first kappa shape index (κ1) is 9.36. The Morgan fingerprint density at radius 2 is 2.14 bits per heavy atom. The Morgan fingerprint density at radius 3 is 2.79 bits per heavy atom. The molecule has 0 aliphatic rings. The summed E-state index contributed by atoms with van der Waals surface area (Å²) >= 11 is 5.32. The van der Waals surface area contributed by atoms with Gasteiger partial charge in [0.15, 0.2) is 0 Å². The summed E-state index contributed by atoms with van der Waals surface area (Å²) in [6.07, 6.45) is 0. The van der Waals surface area contributed by atoms with Gasteiger partial charge in [-0.25, -0.2) is 4.79 Å². The van der Waals surface area contributed by atoms with Crippen LogP contribution in [0.3, 0.4) is 0 Å². The van der Waals surface area contributed by atoms with E-state index in [1.54, 1.807) is 11.4 Å². The third-order valence-electron chi connectivity index (χ3n) is 1.90. The molecule has 2 rings (SSSR count). The number of thiol groups is 1. The van der Waals surface area contributed by atoms with E-state index >= 15 is 0 Å². The van der Waals surface area contributed by atoms with Crippen molar-refractivity contribution < 1.29 is 15.0 Å². The maximum absolute atomic E-state index is 10.8. The van der Waals surface area contributed by atoms with Crippen LogP contribution in [0, 0.1) is 0 Å². The highest BCUT2D eigenvalue weighted by atomic mass is 32.1. The first-order valence-corrected chi connectivity index (χ1v) is 5.09. The molecule has 0 aliphatic carbocycles. The number of fused-ring (bicyclic) bond motifs is 1. The van der Waals surface area contributed by atoms with Crippen molar-refractivity contribution in [1.29, 1.82) is 0 Å². The Morgan fingerprint density at radius 1 is 1.43 bits per heavy atom. The standard InChI is InChI=1S/C9H6O3S2/c10-6-2-8-4(1-7(6)13)5(3-14-8)9(11)12/h1-3,10,13H,(H,11,12). The molecule has 0 saturated heterocycles. The van der Waals surface area contributed by atoms with Gasteiger partial charge in [-0.2, -0.15) is 0 Å². The lowest BCUT2D eigenvalue weighted by molar-refractivity contribution is 0.0699. The second-order valence-corrected chi connectivity index (χ2v) is 4.18. The molecule has 1 aromatic heterocycles. The molecule has 5 heteroatoms. The van der Waals surface area contributed by atoms with Gasteiger partial charge >= 0.3 is 5.97 Å². The Kier molecular flexibility index (Phi) is 2.13. The molecule has 0 atom stereocenters. The molecule has 0 bridgehead atoms. The number of phenols is 1. The van der Waals surface area contributed by atoms with Crippen LogP contribution in [0.15, 0.2) is 22.4 Å². The molecule has 14 heavy (non-hydrogen) atoms. The van der Waals surface area contributed by atoms with Crippen molar-refractivity contribution in [3.05, 3.63) is 23.1 Å². The summed E-state index contributed by atoms with van der Waals surface area (Å²) in [6, 6.07) is 3.09. The topological polar surface area (TPSA) is 57.5 Å². The quantitative estimate of drug-likeness (QED) is 0.655. The zero-order chi connectivity index (χ0) is 10.3. The highest BCUT2D eigenvalue weighted by Gasteiger charge is 2.12. The Labute approximate surface area is 89.0 Å². The number of aromatic hydroxyl groups is 1. The fraction of sp³-hybridized carbons (Fsp3) is 0. The van der Waals surface area contributed by atoms with E-state index in [1.165, 1.54) is 17.4 Å². The number of rotatable bonds is 1. The van der Waals surface area contributed by atoms with Gasteiger partial charge in [-0.05, 0) is 12.1 Å². The lowest BCUT2D eigenvalue weighted by Gasteiger charge is -1.98. The number of hydrogen-bond donors (Lipinski definition) is 3.